The minimum absolute atomic E-state index is 0.429. The summed E-state index contributed by atoms with van der Waals surface area (Å²) in [4.78, 5) is 13.9. The van der Waals surface area contributed by atoms with Crippen LogP contribution in [0.1, 0.15) is 0 Å². The van der Waals surface area contributed by atoms with Crippen LogP contribution < -0.4 is 5.48 Å². The van der Waals surface area contributed by atoms with Gasteiger partial charge < -0.3 is 4.74 Å². The van der Waals surface area contributed by atoms with Crippen LogP contribution in [0.15, 0.2) is 0 Å². The minimum atomic E-state index is -4.92. The molecule has 1 N–H and O–H groups in total. The molecule has 0 fully saturated rings. The predicted molar refractivity (Wildman–Crippen MR) is 27.2 cm³/mol. The SMILES string of the molecule is COCONC(=O)C(F)(F)F. The molecule has 0 rings (SSSR count). The van der Waals surface area contributed by atoms with E-state index in [0.717, 1.165) is 5.48 Å². The Labute approximate surface area is 60.2 Å². The number of halogens is 3. The predicted octanol–water partition coefficient (Wildman–Crippen LogP) is 0.200. The lowest BCUT2D eigenvalue weighted by molar-refractivity contribution is -0.192. The fraction of sp³-hybridized carbons (Fsp3) is 0.750. The number of rotatable bonds is 3. The number of carbonyl (C=O) groups is 1. The lowest BCUT2D eigenvalue weighted by Crippen LogP contribution is -2.37. The van der Waals surface area contributed by atoms with Crippen molar-refractivity contribution in [3.05, 3.63) is 0 Å². The third-order valence-corrected chi connectivity index (χ3v) is 0.599. The molecule has 1 amide bonds. The molecule has 0 aliphatic rings. The number of alkyl halides is 3. The summed E-state index contributed by atoms with van der Waals surface area (Å²) in [5.41, 5.74) is 1.13. The third kappa shape index (κ3) is 4.57. The van der Waals surface area contributed by atoms with Gasteiger partial charge in [0.05, 0.1) is 0 Å². The average molecular weight is 173 g/mol. The summed E-state index contributed by atoms with van der Waals surface area (Å²) in [5.74, 6) is -2.16. The van der Waals surface area contributed by atoms with Gasteiger partial charge in [-0.15, -0.1) is 0 Å². The van der Waals surface area contributed by atoms with Crippen molar-refractivity contribution < 1.29 is 27.5 Å². The van der Waals surface area contributed by atoms with Gasteiger partial charge in [-0.3, -0.25) is 4.79 Å². The molecule has 0 bridgehead atoms. The van der Waals surface area contributed by atoms with Gasteiger partial charge in [-0.1, -0.05) is 0 Å². The maximum Gasteiger partial charge on any atom is 0.473 e. The maximum atomic E-state index is 11.3. The van der Waals surface area contributed by atoms with E-state index in [1.54, 1.807) is 0 Å². The molecule has 11 heavy (non-hydrogen) atoms. The van der Waals surface area contributed by atoms with Gasteiger partial charge in [-0.25, -0.2) is 10.3 Å². The van der Waals surface area contributed by atoms with Crippen LogP contribution in [-0.4, -0.2) is 26.0 Å². The highest BCUT2D eigenvalue weighted by Gasteiger charge is 2.38. The van der Waals surface area contributed by atoms with Crippen molar-refractivity contribution >= 4 is 5.91 Å². The molecule has 0 aromatic carbocycles. The Kier molecular flexibility index (Phi) is 3.83. The highest BCUT2D eigenvalue weighted by Crippen LogP contribution is 2.13. The van der Waals surface area contributed by atoms with Gasteiger partial charge in [0, 0.05) is 7.11 Å². The van der Waals surface area contributed by atoms with Crippen LogP contribution >= 0.6 is 0 Å². The zero-order valence-corrected chi connectivity index (χ0v) is 5.57. The van der Waals surface area contributed by atoms with E-state index in [9.17, 15) is 18.0 Å². The summed E-state index contributed by atoms with van der Waals surface area (Å²) in [5, 5.41) is 0. The van der Waals surface area contributed by atoms with Crippen LogP contribution in [-0.2, 0) is 14.4 Å². The summed E-state index contributed by atoms with van der Waals surface area (Å²) in [6.45, 7) is -0.429. The number of hydroxylamine groups is 1. The van der Waals surface area contributed by atoms with Crippen molar-refractivity contribution in [1.29, 1.82) is 0 Å². The molecular formula is C4H6F3NO3. The van der Waals surface area contributed by atoms with Gasteiger partial charge in [-0.2, -0.15) is 13.2 Å². The lowest BCUT2D eigenvalue weighted by Gasteiger charge is -2.06. The second-order valence-electron chi connectivity index (χ2n) is 1.48. The summed E-state index contributed by atoms with van der Waals surface area (Å²) < 4.78 is 38.2. The quantitative estimate of drug-likeness (QED) is 0.376. The molecule has 0 aliphatic carbocycles. The van der Waals surface area contributed by atoms with Gasteiger partial charge in [0.2, 0.25) is 0 Å². The van der Waals surface area contributed by atoms with Crippen molar-refractivity contribution in [3.63, 3.8) is 0 Å². The Bertz CT molecular complexity index is 135. The molecule has 0 saturated carbocycles. The number of hydrogen-bond acceptors (Lipinski definition) is 3. The zero-order chi connectivity index (χ0) is 8.91. The van der Waals surface area contributed by atoms with Gasteiger partial charge in [0.1, 0.15) is 0 Å². The number of methoxy groups -OCH3 is 1. The van der Waals surface area contributed by atoms with E-state index >= 15 is 0 Å². The van der Waals surface area contributed by atoms with E-state index in [0.29, 0.717) is 0 Å². The van der Waals surface area contributed by atoms with Crippen LogP contribution in [0.25, 0.3) is 0 Å². The van der Waals surface area contributed by atoms with Crippen LogP contribution in [0.4, 0.5) is 13.2 Å². The fourth-order valence-electron chi connectivity index (χ4n) is 0.212. The first-order valence-corrected chi connectivity index (χ1v) is 2.46. The summed E-state index contributed by atoms with van der Waals surface area (Å²) in [6, 6.07) is 0. The third-order valence-electron chi connectivity index (χ3n) is 0.599. The van der Waals surface area contributed by atoms with E-state index in [4.69, 9.17) is 0 Å². The van der Waals surface area contributed by atoms with Crippen molar-refractivity contribution in [2.75, 3.05) is 13.9 Å². The molecule has 0 heterocycles. The second-order valence-corrected chi connectivity index (χ2v) is 1.48. The normalized spacial score (nSPS) is 11.3. The Hall–Kier alpha value is -0.820. The van der Waals surface area contributed by atoms with Gasteiger partial charge in [0.25, 0.3) is 0 Å². The van der Waals surface area contributed by atoms with E-state index in [1.807, 2.05) is 0 Å². The van der Waals surface area contributed by atoms with Crippen LogP contribution in [0, 0.1) is 0 Å². The molecule has 0 spiro atoms. The lowest BCUT2D eigenvalue weighted by atomic mass is 10.6. The molecule has 4 nitrogen and oxygen atoms in total. The first-order valence-electron chi connectivity index (χ1n) is 2.46. The first kappa shape index (κ1) is 10.2. The number of hydrogen-bond donors (Lipinski definition) is 1. The van der Waals surface area contributed by atoms with Crippen LogP contribution in [0.3, 0.4) is 0 Å². The number of ether oxygens (including phenoxy) is 1. The van der Waals surface area contributed by atoms with E-state index in [-0.39, 0.29) is 0 Å². The number of amides is 1. The first-order chi connectivity index (χ1) is 4.98. The van der Waals surface area contributed by atoms with Crippen molar-refractivity contribution in [1.82, 2.24) is 5.48 Å². The van der Waals surface area contributed by atoms with Crippen molar-refractivity contribution in [3.8, 4) is 0 Å². The zero-order valence-electron chi connectivity index (χ0n) is 5.57. The molecule has 0 aromatic heterocycles. The highest BCUT2D eigenvalue weighted by atomic mass is 19.4. The van der Waals surface area contributed by atoms with Crippen LogP contribution in [0.2, 0.25) is 0 Å². The number of nitrogens with one attached hydrogen (secondary N) is 1. The largest absolute Gasteiger partial charge is 0.473 e. The molecule has 7 heteroatoms. The maximum absolute atomic E-state index is 11.3. The smallest absolute Gasteiger partial charge is 0.356 e. The summed E-state index contributed by atoms with van der Waals surface area (Å²) in [6.07, 6.45) is -4.92. The van der Waals surface area contributed by atoms with E-state index < -0.39 is 18.9 Å². The highest BCUT2D eigenvalue weighted by molar-refractivity contribution is 5.80. The monoisotopic (exact) mass is 173 g/mol. The minimum Gasteiger partial charge on any atom is -0.356 e. The van der Waals surface area contributed by atoms with Gasteiger partial charge >= 0.3 is 12.1 Å². The Balaban J connectivity index is 3.54. The number of carbonyl (C=O) groups excluding carboxylic acids is 1. The van der Waals surface area contributed by atoms with Gasteiger partial charge in [0.15, 0.2) is 6.79 Å². The molecular weight excluding hydrogens is 167 g/mol. The molecule has 0 atom stereocenters. The Morgan fingerprint density at radius 3 is 2.45 bits per heavy atom. The average Bonchev–Trinajstić information content (AvgIpc) is 1.86. The molecule has 0 aromatic rings. The molecule has 0 radical (unpaired) electrons. The van der Waals surface area contributed by atoms with Crippen molar-refractivity contribution in [2.45, 2.75) is 6.18 Å². The Morgan fingerprint density at radius 1 is 1.55 bits per heavy atom. The van der Waals surface area contributed by atoms with Crippen molar-refractivity contribution in [2.24, 2.45) is 0 Å². The molecule has 0 aliphatic heterocycles. The van der Waals surface area contributed by atoms with Crippen LogP contribution in [0.5, 0.6) is 0 Å². The summed E-state index contributed by atoms with van der Waals surface area (Å²) >= 11 is 0. The Morgan fingerprint density at radius 2 is 2.09 bits per heavy atom. The second kappa shape index (κ2) is 4.14. The van der Waals surface area contributed by atoms with E-state index in [2.05, 4.69) is 9.57 Å². The standard InChI is InChI=1S/C4H6F3NO3/c1-10-2-11-8-3(9)4(5,6)7/h2H2,1H3,(H,8,9). The topological polar surface area (TPSA) is 47.6 Å². The van der Waals surface area contributed by atoms with E-state index in [1.165, 1.54) is 7.11 Å². The fourth-order valence-corrected chi connectivity index (χ4v) is 0.212. The van der Waals surface area contributed by atoms with Gasteiger partial charge in [-0.05, 0) is 0 Å². The summed E-state index contributed by atoms with van der Waals surface area (Å²) in [7, 11) is 1.21. The molecule has 66 valence electrons. The molecule has 0 unspecified atom stereocenters. The molecule has 0 saturated heterocycles.